The molecule has 1 aromatic heterocycles. The molecule has 1 saturated heterocycles. The van der Waals surface area contributed by atoms with Crippen LogP contribution in [0.5, 0.6) is 0 Å². The van der Waals surface area contributed by atoms with Crippen molar-refractivity contribution in [3.63, 3.8) is 0 Å². The van der Waals surface area contributed by atoms with Gasteiger partial charge in [0, 0.05) is 36.0 Å². The van der Waals surface area contributed by atoms with E-state index in [-0.39, 0.29) is 18.3 Å². The van der Waals surface area contributed by atoms with Crippen molar-refractivity contribution < 1.29 is 13.9 Å². The number of nitrogens with zero attached hydrogens (tertiary/aromatic N) is 2. The third-order valence-electron chi connectivity index (χ3n) is 4.78. The molecule has 5 heteroatoms. The van der Waals surface area contributed by atoms with Gasteiger partial charge in [-0.25, -0.2) is 4.39 Å². The highest BCUT2D eigenvalue weighted by Gasteiger charge is 2.23. The number of aromatic nitrogens is 1. The molecule has 4 rings (SSSR count). The number of halogens is 1. The minimum absolute atomic E-state index is 0.0336. The number of carbonyl (C=O) groups excluding carboxylic acids is 1. The van der Waals surface area contributed by atoms with E-state index >= 15 is 0 Å². The standard InChI is InChI=1S/C20H19FN2O2/c1-2-16-17-9-14(11-22-19(17)10-18(16)21)13-4-3-5-15(8-13)23-6-7-25-12-20(23)24/h3-5,8-9,11H,2,6-7,10,12H2,1H3. The molecule has 1 aliphatic heterocycles. The van der Waals surface area contributed by atoms with Crippen LogP contribution in [0, 0.1) is 0 Å². The normalized spacial score (nSPS) is 17.2. The van der Waals surface area contributed by atoms with Gasteiger partial charge in [-0.1, -0.05) is 19.1 Å². The Hall–Kier alpha value is -2.53. The van der Waals surface area contributed by atoms with Gasteiger partial charge in [-0.15, -0.1) is 0 Å². The summed E-state index contributed by atoms with van der Waals surface area (Å²) in [4.78, 5) is 18.3. The van der Waals surface area contributed by atoms with Crippen LogP contribution in [0.25, 0.3) is 16.7 Å². The number of benzene rings is 1. The van der Waals surface area contributed by atoms with E-state index in [0.29, 0.717) is 26.0 Å². The Morgan fingerprint density at radius 1 is 1.28 bits per heavy atom. The van der Waals surface area contributed by atoms with Gasteiger partial charge in [-0.2, -0.15) is 0 Å². The number of rotatable bonds is 3. The molecule has 2 aromatic rings. The highest BCUT2D eigenvalue weighted by molar-refractivity contribution is 5.95. The molecule has 0 radical (unpaired) electrons. The molecule has 128 valence electrons. The summed E-state index contributed by atoms with van der Waals surface area (Å²) in [6.07, 6.45) is 2.73. The molecule has 0 spiro atoms. The van der Waals surface area contributed by atoms with Gasteiger partial charge < -0.3 is 9.64 Å². The number of ether oxygens (including phenoxy) is 1. The molecule has 1 aliphatic carbocycles. The Bertz CT molecular complexity index is 876. The number of carbonyl (C=O) groups is 1. The van der Waals surface area contributed by atoms with Crippen LogP contribution >= 0.6 is 0 Å². The lowest BCUT2D eigenvalue weighted by atomic mass is 10.0. The highest BCUT2D eigenvalue weighted by atomic mass is 19.1. The monoisotopic (exact) mass is 338 g/mol. The van der Waals surface area contributed by atoms with Crippen LogP contribution in [0.1, 0.15) is 24.6 Å². The van der Waals surface area contributed by atoms with E-state index in [2.05, 4.69) is 4.98 Å². The van der Waals surface area contributed by atoms with E-state index < -0.39 is 0 Å². The summed E-state index contributed by atoms with van der Waals surface area (Å²) in [5, 5.41) is 0. The summed E-state index contributed by atoms with van der Waals surface area (Å²) < 4.78 is 19.2. The lowest BCUT2D eigenvalue weighted by molar-refractivity contribution is -0.125. The van der Waals surface area contributed by atoms with Crippen molar-refractivity contribution >= 4 is 17.2 Å². The number of anilines is 1. The maximum absolute atomic E-state index is 14.0. The zero-order valence-corrected chi connectivity index (χ0v) is 14.1. The van der Waals surface area contributed by atoms with Crippen molar-refractivity contribution in [2.45, 2.75) is 19.8 Å². The molecule has 0 N–H and O–H groups in total. The quantitative estimate of drug-likeness (QED) is 0.856. The van der Waals surface area contributed by atoms with E-state index in [1.165, 1.54) is 0 Å². The summed E-state index contributed by atoms with van der Waals surface area (Å²) in [6.45, 7) is 3.18. The average molecular weight is 338 g/mol. The van der Waals surface area contributed by atoms with Gasteiger partial charge in [0.15, 0.2) is 0 Å². The van der Waals surface area contributed by atoms with Crippen LogP contribution in [-0.4, -0.2) is 30.6 Å². The van der Waals surface area contributed by atoms with Crippen LogP contribution in [-0.2, 0) is 16.0 Å². The van der Waals surface area contributed by atoms with E-state index in [0.717, 1.165) is 33.6 Å². The van der Waals surface area contributed by atoms with Crippen LogP contribution in [0.4, 0.5) is 10.1 Å². The van der Waals surface area contributed by atoms with Crippen LogP contribution < -0.4 is 4.90 Å². The Morgan fingerprint density at radius 2 is 2.16 bits per heavy atom. The largest absolute Gasteiger partial charge is 0.370 e. The number of allylic oxidation sites excluding steroid dienone is 2. The Labute approximate surface area is 145 Å². The molecule has 25 heavy (non-hydrogen) atoms. The SMILES string of the molecule is CCC1=C(F)Cc2ncc(-c3cccc(N4CCOCC4=O)c3)cc21. The molecule has 1 aromatic carbocycles. The van der Waals surface area contributed by atoms with Crippen molar-refractivity contribution in [3.8, 4) is 11.1 Å². The van der Waals surface area contributed by atoms with Crippen molar-refractivity contribution in [2.75, 3.05) is 24.7 Å². The first-order valence-electron chi connectivity index (χ1n) is 8.52. The molecule has 1 amide bonds. The fraction of sp³-hybridized carbons (Fsp3) is 0.300. The predicted octanol–water partition coefficient (Wildman–Crippen LogP) is 3.76. The third kappa shape index (κ3) is 2.85. The number of amides is 1. The Kier molecular flexibility index (Phi) is 4.09. The second-order valence-corrected chi connectivity index (χ2v) is 6.28. The summed E-state index contributed by atoms with van der Waals surface area (Å²) in [5.41, 5.74) is 5.22. The minimum Gasteiger partial charge on any atom is -0.370 e. The number of hydrogen-bond acceptors (Lipinski definition) is 3. The smallest absolute Gasteiger partial charge is 0.253 e. The van der Waals surface area contributed by atoms with Gasteiger partial charge >= 0.3 is 0 Å². The molecule has 2 heterocycles. The van der Waals surface area contributed by atoms with E-state index in [4.69, 9.17) is 4.74 Å². The number of hydrogen-bond donors (Lipinski definition) is 0. The second-order valence-electron chi connectivity index (χ2n) is 6.28. The molecular weight excluding hydrogens is 319 g/mol. The Morgan fingerprint density at radius 3 is 2.96 bits per heavy atom. The van der Waals surface area contributed by atoms with E-state index in [1.807, 2.05) is 37.3 Å². The molecule has 0 bridgehead atoms. The summed E-state index contributed by atoms with van der Waals surface area (Å²) in [6, 6.07) is 9.82. The number of fused-ring (bicyclic) bond motifs is 1. The van der Waals surface area contributed by atoms with Gasteiger partial charge in [0.2, 0.25) is 0 Å². The van der Waals surface area contributed by atoms with Gasteiger partial charge in [0.25, 0.3) is 5.91 Å². The average Bonchev–Trinajstić information content (AvgIpc) is 2.96. The van der Waals surface area contributed by atoms with Crippen molar-refractivity contribution in [2.24, 2.45) is 0 Å². The predicted molar refractivity (Wildman–Crippen MR) is 94.9 cm³/mol. The Balaban J connectivity index is 1.71. The lowest BCUT2D eigenvalue weighted by Gasteiger charge is -2.27. The van der Waals surface area contributed by atoms with E-state index in [9.17, 15) is 9.18 Å². The molecule has 0 saturated carbocycles. The van der Waals surface area contributed by atoms with Crippen LogP contribution in [0.2, 0.25) is 0 Å². The molecular formula is C20H19FN2O2. The van der Waals surface area contributed by atoms with E-state index in [1.54, 1.807) is 11.1 Å². The summed E-state index contributed by atoms with van der Waals surface area (Å²) >= 11 is 0. The topological polar surface area (TPSA) is 42.4 Å². The summed E-state index contributed by atoms with van der Waals surface area (Å²) in [5.74, 6) is -0.108. The van der Waals surface area contributed by atoms with Crippen LogP contribution in [0.3, 0.4) is 0 Å². The molecule has 2 aliphatic rings. The van der Waals surface area contributed by atoms with Gasteiger partial charge in [0.1, 0.15) is 12.4 Å². The zero-order chi connectivity index (χ0) is 17.4. The van der Waals surface area contributed by atoms with Gasteiger partial charge in [-0.05, 0) is 35.8 Å². The fourth-order valence-corrected chi connectivity index (χ4v) is 3.48. The third-order valence-corrected chi connectivity index (χ3v) is 4.78. The molecule has 0 unspecified atom stereocenters. The molecule has 0 atom stereocenters. The lowest BCUT2D eigenvalue weighted by Crippen LogP contribution is -2.41. The van der Waals surface area contributed by atoms with Gasteiger partial charge in [0.05, 0.1) is 12.3 Å². The van der Waals surface area contributed by atoms with Crippen molar-refractivity contribution in [1.82, 2.24) is 4.98 Å². The first kappa shape index (κ1) is 16.0. The first-order valence-corrected chi connectivity index (χ1v) is 8.52. The van der Waals surface area contributed by atoms with Crippen LogP contribution in [0.15, 0.2) is 42.4 Å². The number of morpholine rings is 1. The molecule has 4 nitrogen and oxygen atoms in total. The maximum Gasteiger partial charge on any atom is 0.253 e. The zero-order valence-electron chi connectivity index (χ0n) is 14.1. The fourth-order valence-electron chi connectivity index (χ4n) is 3.48. The second kappa shape index (κ2) is 6.41. The van der Waals surface area contributed by atoms with Crippen molar-refractivity contribution in [1.29, 1.82) is 0 Å². The van der Waals surface area contributed by atoms with Gasteiger partial charge in [-0.3, -0.25) is 9.78 Å². The highest BCUT2D eigenvalue weighted by Crippen LogP contribution is 2.37. The maximum atomic E-state index is 14.0. The molecule has 1 fully saturated rings. The minimum atomic E-state index is -0.0742. The summed E-state index contributed by atoms with van der Waals surface area (Å²) in [7, 11) is 0. The van der Waals surface area contributed by atoms with Crippen molar-refractivity contribution in [3.05, 3.63) is 53.6 Å². The first-order chi connectivity index (χ1) is 12.2. The number of pyridine rings is 1.